The third-order valence-corrected chi connectivity index (χ3v) is 16.6. The van der Waals surface area contributed by atoms with Gasteiger partial charge < -0.3 is 0 Å². The topological polar surface area (TPSA) is 0 Å². The van der Waals surface area contributed by atoms with Gasteiger partial charge in [0, 0.05) is 4.90 Å². The molecule has 0 spiro atoms. The molecule has 0 N–H and O–H groups in total. The standard InChI is InChI=1S/C18H32PS/c1-16(2,3)19(17(4,5)6,18(7,8)9)20-15-13-11-10-12-14-15/h10-14H,1-9H3/q+1. The van der Waals surface area contributed by atoms with Crippen molar-refractivity contribution in [2.24, 2.45) is 0 Å². The quantitative estimate of drug-likeness (QED) is 0.524. The molecule has 0 saturated heterocycles. The van der Waals surface area contributed by atoms with E-state index in [0.717, 1.165) is 0 Å². The summed E-state index contributed by atoms with van der Waals surface area (Å²) < 4.78 is 0. The molecule has 1 aromatic rings. The van der Waals surface area contributed by atoms with E-state index in [2.05, 4.69) is 104 Å². The van der Waals surface area contributed by atoms with Gasteiger partial charge in [0.05, 0.1) is 33.3 Å². The van der Waals surface area contributed by atoms with Gasteiger partial charge in [-0.05, 0) is 74.4 Å². The minimum Gasteiger partial charge on any atom is -0.0622 e. The lowest BCUT2D eigenvalue weighted by Crippen LogP contribution is -2.41. The van der Waals surface area contributed by atoms with Crippen LogP contribution in [-0.4, -0.2) is 15.5 Å². The summed E-state index contributed by atoms with van der Waals surface area (Å²) in [4.78, 5) is 1.42. The number of rotatable bonds is 2. The SMILES string of the molecule is CC(C)(C)[P+](Sc1ccccc1)(C(C)(C)C)C(C)(C)C. The van der Waals surface area contributed by atoms with Crippen molar-refractivity contribution < 1.29 is 0 Å². The molecule has 0 aliphatic rings. The molecule has 1 aromatic carbocycles. The van der Waals surface area contributed by atoms with Gasteiger partial charge in [0.2, 0.25) is 0 Å². The largest absolute Gasteiger partial charge is 0.0946 e. The summed E-state index contributed by atoms with van der Waals surface area (Å²) in [6.45, 7) is 20.6. The second-order valence-electron chi connectivity index (χ2n) is 8.53. The van der Waals surface area contributed by atoms with E-state index >= 15 is 0 Å². The molecule has 0 aliphatic heterocycles. The minimum atomic E-state index is -1.35. The lowest BCUT2D eigenvalue weighted by atomic mass is 10.2. The van der Waals surface area contributed by atoms with Crippen LogP contribution in [0.5, 0.6) is 0 Å². The molecule has 0 aromatic heterocycles. The van der Waals surface area contributed by atoms with Crippen LogP contribution in [0.1, 0.15) is 62.3 Å². The van der Waals surface area contributed by atoms with Crippen molar-refractivity contribution in [2.75, 3.05) is 0 Å². The Morgan fingerprint density at radius 2 is 1.00 bits per heavy atom. The first-order chi connectivity index (χ1) is 8.83. The predicted octanol–water partition coefficient (Wildman–Crippen LogP) is 7.11. The molecular formula is C18H32PS+. The van der Waals surface area contributed by atoms with Gasteiger partial charge in [-0.1, -0.05) is 18.2 Å². The summed E-state index contributed by atoms with van der Waals surface area (Å²) >= 11 is 2.17. The fourth-order valence-electron chi connectivity index (χ4n) is 4.07. The highest BCUT2D eigenvalue weighted by molar-refractivity contribution is 8.63. The van der Waals surface area contributed by atoms with E-state index < -0.39 is 6.46 Å². The van der Waals surface area contributed by atoms with Crippen molar-refractivity contribution in [1.82, 2.24) is 0 Å². The van der Waals surface area contributed by atoms with Gasteiger partial charge in [-0.3, -0.25) is 0 Å². The van der Waals surface area contributed by atoms with Crippen molar-refractivity contribution in [3.05, 3.63) is 30.3 Å². The van der Waals surface area contributed by atoms with E-state index in [1.165, 1.54) is 4.90 Å². The normalized spacial score (nSPS) is 14.4. The molecule has 0 nitrogen and oxygen atoms in total. The first kappa shape index (κ1) is 18.1. The van der Waals surface area contributed by atoms with Crippen molar-refractivity contribution in [3.63, 3.8) is 0 Å². The van der Waals surface area contributed by atoms with Crippen LogP contribution in [0, 0.1) is 0 Å². The summed E-state index contributed by atoms with van der Waals surface area (Å²) in [7, 11) is 0. The average Bonchev–Trinajstić information content (AvgIpc) is 2.22. The zero-order valence-corrected chi connectivity index (χ0v) is 16.5. The van der Waals surface area contributed by atoms with Gasteiger partial charge in [-0.2, -0.15) is 0 Å². The Bertz CT molecular complexity index is 393. The van der Waals surface area contributed by atoms with Crippen LogP contribution in [0.15, 0.2) is 35.2 Å². The van der Waals surface area contributed by atoms with Crippen LogP contribution < -0.4 is 0 Å². The number of hydrogen-bond donors (Lipinski definition) is 0. The zero-order valence-electron chi connectivity index (χ0n) is 14.7. The molecule has 20 heavy (non-hydrogen) atoms. The number of benzene rings is 1. The maximum absolute atomic E-state index is 2.44. The van der Waals surface area contributed by atoms with Crippen LogP contribution in [0.3, 0.4) is 0 Å². The van der Waals surface area contributed by atoms with Crippen LogP contribution in [0.4, 0.5) is 0 Å². The monoisotopic (exact) mass is 311 g/mol. The Balaban J connectivity index is 3.48. The Hall–Kier alpha value is 0. The minimum absolute atomic E-state index is 0.310. The molecule has 0 atom stereocenters. The van der Waals surface area contributed by atoms with Crippen molar-refractivity contribution in [2.45, 2.75) is 82.7 Å². The van der Waals surface area contributed by atoms with Gasteiger partial charge in [0.25, 0.3) is 0 Å². The summed E-state index contributed by atoms with van der Waals surface area (Å²) in [5.74, 6) is 0. The number of hydrogen-bond acceptors (Lipinski definition) is 1. The predicted molar refractivity (Wildman–Crippen MR) is 98.5 cm³/mol. The molecule has 1 rings (SSSR count). The highest BCUT2D eigenvalue weighted by atomic mass is 32.7. The Kier molecular flexibility index (Phi) is 5.10. The van der Waals surface area contributed by atoms with Gasteiger partial charge >= 0.3 is 0 Å². The van der Waals surface area contributed by atoms with Gasteiger partial charge in [0.1, 0.15) is 0 Å². The van der Waals surface area contributed by atoms with Crippen molar-refractivity contribution in [1.29, 1.82) is 0 Å². The molecule has 0 amide bonds. The van der Waals surface area contributed by atoms with Crippen molar-refractivity contribution >= 4 is 17.8 Å². The second kappa shape index (κ2) is 5.65. The molecule has 0 bridgehead atoms. The Labute approximate surface area is 131 Å². The van der Waals surface area contributed by atoms with E-state index in [0.29, 0.717) is 15.5 Å². The van der Waals surface area contributed by atoms with Gasteiger partial charge in [-0.15, -0.1) is 0 Å². The fourth-order valence-corrected chi connectivity index (χ4v) is 15.3. The van der Waals surface area contributed by atoms with Crippen LogP contribution in [0.25, 0.3) is 0 Å². The first-order valence-corrected chi connectivity index (χ1v) is 10.7. The highest BCUT2D eigenvalue weighted by Crippen LogP contribution is 2.91. The lowest BCUT2D eigenvalue weighted by Gasteiger charge is -2.52. The van der Waals surface area contributed by atoms with Crippen LogP contribution in [0.2, 0.25) is 0 Å². The Morgan fingerprint density at radius 1 is 0.650 bits per heavy atom. The maximum Gasteiger partial charge on any atom is 0.0946 e. The van der Waals surface area contributed by atoms with Crippen LogP contribution >= 0.6 is 17.8 Å². The molecule has 0 unspecified atom stereocenters. The summed E-state index contributed by atoms with van der Waals surface area (Å²) in [6.07, 6.45) is 0. The summed E-state index contributed by atoms with van der Waals surface area (Å²) in [5, 5.41) is 0.929. The third-order valence-electron chi connectivity index (χ3n) is 3.82. The van der Waals surface area contributed by atoms with E-state index in [9.17, 15) is 0 Å². The zero-order chi connectivity index (χ0) is 15.8. The van der Waals surface area contributed by atoms with Crippen molar-refractivity contribution in [3.8, 4) is 0 Å². The third kappa shape index (κ3) is 3.25. The van der Waals surface area contributed by atoms with E-state index in [1.54, 1.807) is 0 Å². The maximum atomic E-state index is 2.44. The molecule has 114 valence electrons. The summed E-state index contributed by atoms with van der Waals surface area (Å²) in [6, 6.07) is 11.0. The molecule has 2 heteroatoms. The van der Waals surface area contributed by atoms with E-state index in [1.807, 2.05) is 0 Å². The second-order valence-corrected chi connectivity index (χ2v) is 16.6. The molecule has 0 aliphatic carbocycles. The van der Waals surface area contributed by atoms with E-state index in [-0.39, 0.29) is 0 Å². The highest BCUT2D eigenvalue weighted by Gasteiger charge is 2.66. The van der Waals surface area contributed by atoms with E-state index in [4.69, 9.17) is 0 Å². The smallest absolute Gasteiger partial charge is 0.0622 e. The first-order valence-electron chi connectivity index (χ1n) is 7.47. The molecule has 0 saturated carbocycles. The fraction of sp³-hybridized carbons (Fsp3) is 0.667. The molecule has 0 fully saturated rings. The Morgan fingerprint density at radius 3 is 1.30 bits per heavy atom. The molecular weight excluding hydrogens is 279 g/mol. The summed E-state index contributed by atoms with van der Waals surface area (Å²) in [5.41, 5.74) is 0. The molecule has 0 radical (unpaired) electrons. The van der Waals surface area contributed by atoms with Gasteiger partial charge in [-0.25, -0.2) is 0 Å². The lowest BCUT2D eigenvalue weighted by molar-refractivity contribution is 0.637. The van der Waals surface area contributed by atoms with Crippen LogP contribution in [-0.2, 0) is 0 Å². The average molecular weight is 311 g/mol. The van der Waals surface area contributed by atoms with Gasteiger partial charge in [0.15, 0.2) is 0 Å². The molecule has 0 heterocycles.